The summed E-state index contributed by atoms with van der Waals surface area (Å²) >= 11 is 1.16. The van der Waals surface area contributed by atoms with Gasteiger partial charge >= 0.3 is 0 Å². The van der Waals surface area contributed by atoms with Gasteiger partial charge in [-0.3, -0.25) is 9.36 Å². The van der Waals surface area contributed by atoms with Crippen LogP contribution in [0.15, 0.2) is 64.5 Å². The van der Waals surface area contributed by atoms with Gasteiger partial charge in [0.15, 0.2) is 15.0 Å². The minimum atomic E-state index is -3.28. The third-order valence-corrected chi connectivity index (χ3v) is 7.77. The topological polar surface area (TPSA) is 89.3 Å². The maximum atomic E-state index is 13.1. The van der Waals surface area contributed by atoms with Crippen molar-refractivity contribution in [2.45, 2.75) is 23.1 Å². The van der Waals surface area contributed by atoms with E-state index in [1.165, 1.54) is 0 Å². The molecule has 0 amide bonds. The average molecular weight is 402 g/mol. The lowest BCUT2D eigenvalue weighted by Crippen LogP contribution is -2.27. The molecule has 1 aromatic heterocycles. The molecule has 2 atom stereocenters. The number of thioether (sulfide) groups is 1. The van der Waals surface area contributed by atoms with Crippen molar-refractivity contribution in [3.05, 3.63) is 70.5 Å². The molecular weight excluding hydrogens is 384 g/mol. The lowest BCUT2D eigenvalue weighted by atomic mass is 10.2. The van der Waals surface area contributed by atoms with E-state index in [1.54, 1.807) is 28.8 Å². The molecule has 3 aromatic rings. The number of fused-ring (bicyclic) bond motifs is 1. The number of benzene rings is 2. The molecule has 8 heteroatoms. The summed E-state index contributed by atoms with van der Waals surface area (Å²) in [6.07, 6.45) is -0.964. The Hall–Kier alpha value is -2.16. The van der Waals surface area contributed by atoms with Crippen LogP contribution in [0.5, 0.6) is 0 Å². The standard InChI is InChI=1S/C19H18N2O4S2/c22-16-11-27(24,25)12-17(16)26-19-20-15-9-5-4-8-14(15)18(23)21(19)10-13-6-2-1-3-7-13/h1-9,16-17,22H,10-12H2/t16-,17-/m0/s1. The Morgan fingerprint density at radius 2 is 1.78 bits per heavy atom. The van der Waals surface area contributed by atoms with Crippen molar-refractivity contribution in [2.24, 2.45) is 0 Å². The summed E-state index contributed by atoms with van der Waals surface area (Å²) in [6.45, 7) is 0.329. The van der Waals surface area contributed by atoms with Crippen molar-refractivity contribution >= 4 is 32.5 Å². The van der Waals surface area contributed by atoms with Crippen molar-refractivity contribution in [3.63, 3.8) is 0 Å². The molecule has 1 saturated heterocycles. The van der Waals surface area contributed by atoms with E-state index < -0.39 is 21.2 Å². The molecule has 27 heavy (non-hydrogen) atoms. The zero-order valence-electron chi connectivity index (χ0n) is 14.4. The summed E-state index contributed by atoms with van der Waals surface area (Å²) in [7, 11) is -3.28. The molecule has 0 unspecified atom stereocenters. The van der Waals surface area contributed by atoms with E-state index in [-0.39, 0.29) is 17.1 Å². The normalized spacial score (nSPS) is 21.5. The highest BCUT2D eigenvalue weighted by atomic mass is 32.2. The van der Waals surface area contributed by atoms with Crippen LogP contribution < -0.4 is 5.56 Å². The van der Waals surface area contributed by atoms with Crippen molar-refractivity contribution < 1.29 is 13.5 Å². The highest BCUT2D eigenvalue weighted by Crippen LogP contribution is 2.30. The Balaban J connectivity index is 1.80. The summed E-state index contributed by atoms with van der Waals surface area (Å²) < 4.78 is 25.2. The molecule has 0 radical (unpaired) electrons. The van der Waals surface area contributed by atoms with Gasteiger partial charge in [-0.25, -0.2) is 13.4 Å². The fourth-order valence-electron chi connectivity index (χ4n) is 3.19. The maximum absolute atomic E-state index is 13.1. The summed E-state index contributed by atoms with van der Waals surface area (Å²) in [5, 5.41) is 10.5. The van der Waals surface area contributed by atoms with Gasteiger partial charge in [-0.05, 0) is 17.7 Å². The van der Waals surface area contributed by atoms with E-state index in [2.05, 4.69) is 4.98 Å². The second-order valence-electron chi connectivity index (χ2n) is 6.59. The molecule has 1 aliphatic rings. The van der Waals surface area contributed by atoms with Crippen LogP contribution in [0.4, 0.5) is 0 Å². The largest absolute Gasteiger partial charge is 0.391 e. The predicted molar refractivity (Wildman–Crippen MR) is 106 cm³/mol. The molecule has 2 heterocycles. The molecule has 0 spiro atoms. The Morgan fingerprint density at radius 1 is 1.07 bits per heavy atom. The zero-order valence-corrected chi connectivity index (χ0v) is 16.0. The van der Waals surface area contributed by atoms with E-state index in [0.29, 0.717) is 22.6 Å². The number of sulfone groups is 1. The second-order valence-corrected chi connectivity index (χ2v) is 9.95. The molecule has 1 N–H and O–H groups in total. The van der Waals surface area contributed by atoms with Crippen LogP contribution in [-0.4, -0.2) is 45.9 Å². The first kappa shape index (κ1) is 18.2. The number of nitrogens with zero attached hydrogens (tertiary/aromatic N) is 2. The molecule has 0 aliphatic carbocycles. The van der Waals surface area contributed by atoms with E-state index in [0.717, 1.165) is 17.3 Å². The number of aliphatic hydroxyl groups is 1. The van der Waals surface area contributed by atoms with E-state index in [9.17, 15) is 18.3 Å². The molecule has 1 aliphatic heterocycles. The molecule has 0 saturated carbocycles. The van der Waals surface area contributed by atoms with Gasteiger partial charge < -0.3 is 5.11 Å². The van der Waals surface area contributed by atoms with Gasteiger partial charge in [0.25, 0.3) is 5.56 Å². The summed E-state index contributed by atoms with van der Waals surface area (Å²) in [4.78, 5) is 17.7. The summed E-state index contributed by atoms with van der Waals surface area (Å²) in [5.74, 6) is -0.367. The lowest BCUT2D eigenvalue weighted by molar-refractivity contribution is 0.207. The van der Waals surface area contributed by atoms with Gasteiger partial charge in [-0.2, -0.15) is 0 Å². The minimum absolute atomic E-state index is 0.118. The number of aliphatic hydroxyl groups excluding tert-OH is 1. The molecular formula is C19H18N2O4S2. The van der Waals surface area contributed by atoms with Gasteiger partial charge in [-0.1, -0.05) is 54.2 Å². The van der Waals surface area contributed by atoms with Crippen LogP contribution >= 0.6 is 11.8 Å². The van der Waals surface area contributed by atoms with Gasteiger partial charge in [0.05, 0.1) is 40.3 Å². The molecule has 0 bridgehead atoms. The molecule has 6 nitrogen and oxygen atoms in total. The van der Waals surface area contributed by atoms with Crippen LogP contribution in [0.25, 0.3) is 10.9 Å². The fourth-order valence-corrected chi connectivity index (χ4v) is 6.77. The first-order valence-corrected chi connectivity index (χ1v) is 11.2. The van der Waals surface area contributed by atoms with Gasteiger partial charge in [0.2, 0.25) is 0 Å². The SMILES string of the molecule is O=c1c2ccccc2nc(S[C@H]2CS(=O)(=O)C[C@@H]2O)n1Cc1ccccc1. The first-order valence-electron chi connectivity index (χ1n) is 8.51. The first-order chi connectivity index (χ1) is 12.9. The highest BCUT2D eigenvalue weighted by molar-refractivity contribution is 8.01. The van der Waals surface area contributed by atoms with Crippen LogP contribution in [0.1, 0.15) is 5.56 Å². The molecule has 140 valence electrons. The molecule has 2 aromatic carbocycles. The van der Waals surface area contributed by atoms with Crippen LogP contribution in [0, 0.1) is 0 Å². The number of aromatic nitrogens is 2. The monoisotopic (exact) mass is 402 g/mol. The second kappa shape index (κ2) is 7.10. The smallest absolute Gasteiger partial charge is 0.262 e. The fraction of sp³-hybridized carbons (Fsp3) is 0.263. The van der Waals surface area contributed by atoms with Gasteiger partial charge in [-0.15, -0.1) is 0 Å². The summed E-state index contributed by atoms with van der Waals surface area (Å²) in [6, 6.07) is 16.6. The van der Waals surface area contributed by atoms with Crippen LogP contribution in [0.3, 0.4) is 0 Å². The number of para-hydroxylation sites is 1. The van der Waals surface area contributed by atoms with Crippen molar-refractivity contribution in [3.8, 4) is 0 Å². The Kier molecular flexibility index (Phi) is 4.79. The number of hydrogen-bond acceptors (Lipinski definition) is 6. The minimum Gasteiger partial charge on any atom is -0.391 e. The van der Waals surface area contributed by atoms with Crippen molar-refractivity contribution in [1.29, 1.82) is 0 Å². The van der Waals surface area contributed by atoms with Gasteiger partial charge in [0, 0.05) is 0 Å². The Morgan fingerprint density at radius 3 is 2.48 bits per heavy atom. The lowest BCUT2D eigenvalue weighted by Gasteiger charge is -2.17. The van der Waals surface area contributed by atoms with Gasteiger partial charge in [0.1, 0.15) is 0 Å². The highest BCUT2D eigenvalue weighted by Gasteiger charge is 2.38. The number of rotatable bonds is 4. The number of hydrogen-bond donors (Lipinski definition) is 1. The Bertz CT molecular complexity index is 1140. The third kappa shape index (κ3) is 3.78. The van der Waals surface area contributed by atoms with Crippen molar-refractivity contribution in [2.75, 3.05) is 11.5 Å². The predicted octanol–water partition coefficient (Wildman–Crippen LogP) is 1.69. The van der Waals surface area contributed by atoms with E-state index >= 15 is 0 Å². The zero-order chi connectivity index (χ0) is 19.0. The molecule has 4 rings (SSSR count). The summed E-state index contributed by atoms with van der Waals surface area (Å²) in [5.41, 5.74) is 1.32. The van der Waals surface area contributed by atoms with E-state index in [1.807, 2.05) is 30.3 Å². The third-order valence-electron chi connectivity index (χ3n) is 4.54. The van der Waals surface area contributed by atoms with Crippen LogP contribution in [0.2, 0.25) is 0 Å². The quantitative estimate of drug-likeness (QED) is 0.668. The average Bonchev–Trinajstić information content (AvgIpc) is 2.91. The maximum Gasteiger partial charge on any atom is 0.262 e. The van der Waals surface area contributed by atoms with Crippen molar-refractivity contribution in [1.82, 2.24) is 9.55 Å². The Labute approximate surface area is 160 Å². The van der Waals surface area contributed by atoms with Crippen LogP contribution in [-0.2, 0) is 16.4 Å². The van der Waals surface area contributed by atoms with E-state index in [4.69, 9.17) is 0 Å². The molecule has 1 fully saturated rings.